The van der Waals surface area contributed by atoms with Gasteiger partial charge in [-0.2, -0.15) is 30.0 Å². The van der Waals surface area contributed by atoms with Gasteiger partial charge in [0.1, 0.15) is 0 Å². The molecule has 3 rings (SSSR count). The van der Waals surface area contributed by atoms with Gasteiger partial charge in [-0.25, -0.2) is 14.1 Å². The van der Waals surface area contributed by atoms with E-state index in [9.17, 15) is 18.0 Å². The fourth-order valence-corrected chi connectivity index (χ4v) is 5.44. The normalized spacial score (nSPS) is 18.2. The van der Waals surface area contributed by atoms with E-state index in [0.717, 1.165) is 29.1 Å². The highest BCUT2D eigenvalue weighted by atomic mass is 79.9. The Morgan fingerprint density at radius 2 is 1.91 bits per heavy atom. The van der Waals surface area contributed by atoms with Gasteiger partial charge in [0.05, 0.1) is 28.5 Å². The standard InChI is InChI=1S/C23H24BrClF3N3OS2/c1-22(11-4-12-33-2)14-30(21(32)31(34-3)17-8-6-16(24)7-9-17)29-20(22)15-5-10-18(19(25)13-15)23(26,27)28/h5-10,13H,4,11-12,14H2,1-3H3. The van der Waals surface area contributed by atoms with Crippen LogP contribution < -0.4 is 4.31 Å². The highest BCUT2D eigenvalue weighted by Gasteiger charge is 2.43. The molecule has 0 bridgehead atoms. The fourth-order valence-electron chi connectivity index (χ4n) is 3.87. The van der Waals surface area contributed by atoms with E-state index >= 15 is 0 Å². The van der Waals surface area contributed by atoms with E-state index < -0.39 is 17.2 Å². The number of carbonyl (C=O) groups excluding carboxylic acids is 1. The molecule has 2 aromatic rings. The number of hydrogen-bond acceptors (Lipinski definition) is 4. The Hall–Kier alpha value is -1.36. The molecule has 0 N–H and O–H groups in total. The summed E-state index contributed by atoms with van der Waals surface area (Å²) in [7, 11) is 0. The summed E-state index contributed by atoms with van der Waals surface area (Å²) >= 11 is 12.4. The average molecular weight is 595 g/mol. The Labute approximate surface area is 219 Å². The summed E-state index contributed by atoms with van der Waals surface area (Å²) in [5.74, 6) is 0.931. The Kier molecular flexibility index (Phi) is 8.92. The maximum Gasteiger partial charge on any atom is 0.417 e. The van der Waals surface area contributed by atoms with Crippen LogP contribution in [-0.2, 0) is 6.18 Å². The van der Waals surface area contributed by atoms with E-state index in [-0.39, 0.29) is 11.1 Å². The highest BCUT2D eigenvalue weighted by Crippen LogP contribution is 2.40. The van der Waals surface area contributed by atoms with Crippen LogP contribution in [0.3, 0.4) is 0 Å². The van der Waals surface area contributed by atoms with Gasteiger partial charge >= 0.3 is 12.2 Å². The first-order valence-electron chi connectivity index (χ1n) is 10.4. The SMILES string of the molecule is CSCCCC1(C)CN(C(=O)N(SC)c2ccc(Br)cc2)N=C1c1ccc(C(F)(F)F)c(Cl)c1. The van der Waals surface area contributed by atoms with Gasteiger partial charge in [-0.05, 0) is 78.8 Å². The molecule has 2 amide bonds. The number of urea groups is 1. The molecule has 1 aliphatic heterocycles. The predicted octanol–water partition coefficient (Wildman–Crippen LogP) is 8.20. The van der Waals surface area contributed by atoms with Crippen LogP contribution in [0.5, 0.6) is 0 Å². The summed E-state index contributed by atoms with van der Waals surface area (Å²) in [6.45, 7) is 2.32. The van der Waals surface area contributed by atoms with Crippen molar-refractivity contribution in [2.45, 2.75) is 25.9 Å². The van der Waals surface area contributed by atoms with E-state index in [1.165, 1.54) is 29.1 Å². The van der Waals surface area contributed by atoms with Crippen molar-refractivity contribution in [3.63, 3.8) is 0 Å². The van der Waals surface area contributed by atoms with E-state index in [4.69, 9.17) is 11.6 Å². The van der Waals surface area contributed by atoms with Gasteiger partial charge in [0.2, 0.25) is 0 Å². The summed E-state index contributed by atoms with van der Waals surface area (Å²) in [4.78, 5) is 13.4. The van der Waals surface area contributed by atoms with Gasteiger partial charge in [-0.1, -0.05) is 40.5 Å². The van der Waals surface area contributed by atoms with Gasteiger partial charge in [0, 0.05) is 16.1 Å². The van der Waals surface area contributed by atoms with Gasteiger partial charge in [0.15, 0.2) is 0 Å². The first-order chi connectivity index (χ1) is 16.0. The molecule has 1 heterocycles. The fraction of sp³-hybridized carbons (Fsp3) is 0.391. The molecule has 1 aliphatic rings. The van der Waals surface area contributed by atoms with E-state index in [1.807, 2.05) is 37.4 Å². The van der Waals surface area contributed by atoms with Crippen LogP contribution in [0.4, 0.5) is 23.7 Å². The lowest BCUT2D eigenvalue weighted by atomic mass is 9.78. The number of carbonyl (C=O) groups is 1. The molecule has 4 nitrogen and oxygen atoms in total. The molecule has 11 heteroatoms. The van der Waals surface area contributed by atoms with Crippen LogP contribution in [0.1, 0.15) is 30.9 Å². The number of benzene rings is 2. The van der Waals surface area contributed by atoms with Crippen LogP contribution in [0.15, 0.2) is 52.0 Å². The Morgan fingerprint density at radius 1 is 1.24 bits per heavy atom. The second-order valence-corrected chi connectivity index (χ2v) is 11.1. The number of nitrogens with zero attached hydrogens (tertiary/aromatic N) is 3. The van der Waals surface area contributed by atoms with Crippen molar-refractivity contribution >= 4 is 68.7 Å². The van der Waals surface area contributed by atoms with Crippen LogP contribution >= 0.6 is 51.2 Å². The summed E-state index contributed by atoms with van der Waals surface area (Å²) < 4.78 is 42.1. The first kappa shape index (κ1) is 27.2. The maximum absolute atomic E-state index is 13.4. The van der Waals surface area contributed by atoms with E-state index in [1.54, 1.807) is 22.3 Å². The number of anilines is 1. The zero-order valence-corrected chi connectivity index (χ0v) is 22.8. The van der Waals surface area contributed by atoms with Gasteiger partial charge in [0.25, 0.3) is 0 Å². The lowest BCUT2D eigenvalue weighted by molar-refractivity contribution is -0.137. The largest absolute Gasteiger partial charge is 0.417 e. The Bertz CT molecular complexity index is 1070. The number of alkyl halides is 3. The van der Waals surface area contributed by atoms with Crippen LogP contribution in [0.25, 0.3) is 0 Å². The second-order valence-electron chi connectivity index (χ2n) is 8.09. The summed E-state index contributed by atoms with van der Waals surface area (Å²) in [6, 6.07) is 10.7. The number of hydrogen-bond donors (Lipinski definition) is 0. The van der Waals surface area contributed by atoms with Crippen molar-refractivity contribution in [2.24, 2.45) is 10.5 Å². The van der Waals surface area contributed by atoms with E-state index in [2.05, 4.69) is 21.0 Å². The number of thioether (sulfide) groups is 1. The quantitative estimate of drug-likeness (QED) is 0.239. The first-order valence-corrected chi connectivity index (χ1v) is 14.1. The van der Waals surface area contributed by atoms with Crippen LogP contribution in [-0.4, -0.2) is 41.6 Å². The molecule has 0 fully saturated rings. The Morgan fingerprint density at radius 3 is 2.47 bits per heavy atom. The number of amides is 2. The molecule has 0 spiro atoms. The zero-order chi connectivity index (χ0) is 25.1. The summed E-state index contributed by atoms with van der Waals surface area (Å²) in [5, 5.41) is 5.64. The lowest BCUT2D eigenvalue weighted by Crippen LogP contribution is -2.39. The van der Waals surface area contributed by atoms with Crippen molar-refractivity contribution in [3.05, 3.63) is 63.1 Å². The Balaban J connectivity index is 1.98. The van der Waals surface area contributed by atoms with E-state index in [0.29, 0.717) is 23.5 Å². The molecule has 1 atom stereocenters. The average Bonchev–Trinajstić information content (AvgIpc) is 3.12. The maximum atomic E-state index is 13.4. The number of rotatable bonds is 7. The van der Waals surface area contributed by atoms with Crippen LogP contribution in [0.2, 0.25) is 5.02 Å². The topological polar surface area (TPSA) is 35.9 Å². The lowest BCUT2D eigenvalue weighted by Gasteiger charge is -2.28. The molecule has 0 saturated heterocycles. The van der Waals surface area contributed by atoms with Crippen molar-refractivity contribution in [1.29, 1.82) is 0 Å². The summed E-state index contributed by atoms with van der Waals surface area (Å²) in [5.41, 5.74) is 0.329. The third-order valence-corrected chi connectivity index (χ3v) is 7.82. The number of hydrazone groups is 1. The van der Waals surface area contributed by atoms with Gasteiger partial charge in [-0.15, -0.1) is 0 Å². The molecule has 184 valence electrons. The van der Waals surface area contributed by atoms with Gasteiger partial charge < -0.3 is 0 Å². The number of halogens is 5. The summed E-state index contributed by atoms with van der Waals surface area (Å²) in [6.07, 6.45) is 0.888. The second kappa shape index (κ2) is 11.1. The molecular formula is C23H24BrClF3N3OS2. The smallest absolute Gasteiger partial charge is 0.245 e. The predicted molar refractivity (Wildman–Crippen MR) is 141 cm³/mol. The molecule has 1 unspecified atom stereocenters. The molecule has 0 aliphatic carbocycles. The third kappa shape index (κ3) is 6.06. The van der Waals surface area contributed by atoms with Crippen molar-refractivity contribution < 1.29 is 18.0 Å². The molecule has 0 radical (unpaired) electrons. The highest BCUT2D eigenvalue weighted by molar-refractivity contribution is 9.10. The molecule has 34 heavy (non-hydrogen) atoms. The van der Waals surface area contributed by atoms with Crippen molar-refractivity contribution in [3.8, 4) is 0 Å². The minimum atomic E-state index is -4.54. The van der Waals surface area contributed by atoms with Crippen molar-refractivity contribution in [2.75, 3.05) is 29.1 Å². The molecule has 2 aromatic carbocycles. The molecular weight excluding hydrogens is 571 g/mol. The van der Waals surface area contributed by atoms with Crippen LogP contribution in [0, 0.1) is 5.41 Å². The van der Waals surface area contributed by atoms with Crippen molar-refractivity contribution in [1.82, 2.24) is 5.01 Å². The minimum Gasteiger partial charge on any atom is -0.245 e. The molecule has 0 aromatic heterocycles. The van der Waals surface area contributed by atoms with Gasteiger partial charge in [-0.3, -0.25) is 0 Å². The monoisotopic (exact) mass is 593 g/mol. The third-order valence-electron chi connectivity index (χ3n) is 5.55. The molecule has 0 saturated carbocycles. The zero-order valence-electron chi connectivity index (χ0n) is 18.8. The minimum absolute atomic E-state index is 0.320.